The van der Waals surface area contributed by atoms with Crippen LogP contribution in [0.15, 0.2) is 36.5 Å². The Morgan fingerprint density at radius 1 is 0.333 bits per heavy atom. The molecule has 0 saturated heterocycles. The molecule has 0 amide bonds. The van der Waals surface area contributed by atoms with Crippen LogP contribution in [0.1, 0.15) is 335 Å². The maximum absolute atomic E-state index is 12.9. The van der Waals surface area contributed by atoms with E-state index in [1.165, 1.54) is 205 Å². The van der Waals surface area contributed by atoms with Crippen molar-refractivity contribution >= 4 is 17.9 Å². The lowest BCUT2D eigenvalue weighted by Gasteiger charge is -2.18. The van der Waals surface area contributed by atoms with E-state index in [2.05, 4.69) is 50.3 Å². The van der Waals surface area contributed by atoms with Crippen LogP contribution in [0.5, 0.6) is 0 Å². The quantitative estimate of drug-likeness (QED) is 0.0280. The Kier molecular flexibility index (Phi) is 57.5. The van der Waals surface area contributed by atoms with Gasteiger partial charge in [-0.25, -0.2) is 0 Å². The Hall–Kier alpha value is -2.41. The molecule has 72 heavy (non-hydrogen) atoms. The molecule has 0 fully saturated rings. The second kappa shape index (κ2) is 59.5. The average Bonchev–Trinajstić information content (AvgIpc) is 3.37. The number of allylic oxidation sites excluding steroid dienone is 6. The molecule has 0 bridgehead atoms. The molecule has 1 N–H and O–H groups in total. The largest absolute Gasteiger partial charge is 0.462 e. The fourth-order valence-electron chi connectivity index (χ4n) is 9.32. The minimum absolute atomic E-state index is 0.0850. The first kappa shape index (κ1) is 69.6. The summed E-state index contributed by atoms with van der Waals surface area (Å²) < 4.78 is 16.9. The van der Waals surface area contributed by atoms with Gasteiger partial charge in [0.05, 0.1) is 6.10 Å². The van der Waals surface area contributed by atoms with Crippen molar-refractivity contribution in [3.05, 3.63) is 36.5 Å². The molecule has 7 nitrogen and oxygen atoms in total. The standard InChI is InChI=1S/C65H120O7/c1-4-6-8-10-12-14-16-18-27-32-36-40-44-48-52-56-63(67)70-59-62(72-65(69)58-54-50-46-42-38-34-28-19-17-15-13-11-9-7-5-2)60-71-64(68)57-53-49-45-41-37-33-30-26-24-22-20-21-23-25-29-31-35-39-43-47-51-55-61(3)66/h18-19,26-28,30,61-62,66H,4-17,20-25,29,31-60H2,1-3H3. The van der Waals surface area contributed by atoms with E-state index < -0.39 is 6.10 Å². The average molecular weight is 1010 g/mol. The topological polar surface area (TPSA) is 99.1 Å². The lowest BCUT2D eigenvalue weighted by molar-refractivity contribution is -0.167. The second-order valence-electron chi connectivity index (χ2n) is 21.6. The van der Waals surface area contributed by atoms with Gasteiger partial charge in [-0.05, 0) is 110 Å². The third-order valence-electron chi connectivity index (χ3n) is 14.1. The highest BCUT2D eigenvalue weighted by molar-refractivity contribution is 5.71. The second-order valence-corrected chi connectivity index (χ2v) is 21.6. The van der Waals surface area contributed by atoms with Crippen LogP contribution in [-0.2, 0) is 28.6 Å². The van der Waals surface area contributed by atoms with Crippen molar-refractivity contribution in [2.75, 3.05) is 13.2 Å². The summed E-state index contributed by atoms with van der Waals surface area (Å²) in [5, 5.41) is 9.34. The zero-order valence-corrected chi connectivity index (χ0v) is 48.1. The minimum Gasteiger partial charge on any atom is -0.462 e. The van der Waals surface area contributed by atoms with Crippen LogP contribution in [0.3, 0.4) is 0 Å². The molecule has 0 aliphatic heterocycles. The van der Waals surface area contributed by atoms with Gasteiger partial charge in [-0.15, -0.1) is 0 Å². The Bertz CT molecular complexity index is 1220. The van der Waals surface area contributed by atoms with E-state index in [1.54, 1.807) is 0 Å². The highest BCUT2D eigenvalue weighted by atomic mass is 16.6. The van der Waals surface area contributed by atoms with E-state index in [9.17, 15) is 19.5 Å². The number of carbonyl (C=O) groups excluding carboxylic acids is 3. The van der Waals surface area contributed by atoms with Crippen LogP contribution in [-0.4, -0.2) is 48.4 Å². The lowest BCUT2D eigenvalue weighted by atomic mass is 10.0. The summed E-state index contributed by atoms with van der Waals surface area (Å²) in [6.45, 7) is 6.24. The molecule has 7 heteroatoms. The van der Waals surface area contributed by atoms with Gasteiger partial charge >= 0.3 is 17.9 Å². The van der Waals surface area contributed by atoms with E-state index in [1.807, 2.05) is 6.92 Å². The molecule has 422 valence electrons. The van der Waals surface area contributed by atoms with E-state index >= 15 is 0 Å². The van der Waals surface area contributed by atoms with Gasteiger partial charge in [-0.3, -0.25) is 14.4 Å². The molecule has 0 aliphatic rings. The molecule has 0 heterocycles. The summed E-state index contributed by atoms with van der Waals surface area (Å²) in [6.07, 6.45) is 69.9. The molecule has 2 atom stereocenters. The molecule has 0 rings (SSSR count). The number of hydrogen-bond acceptors (Lipinski definition) is 7. The predicted octanol–water partition coefficient (Wildman–Crippen LogP) is 20.2. The molecular formula is C65H120O7. The van der Waals surface area contributed by atoms with E-state index in [0.717, 1.165) is 89.9 Å². The van der Waals surface area contributed by atoms with Crippen molar-refractivity contribution in [1.82, 2.24) is 0 Å². The summed E-state index contributed by atoms with van der Waals surface area (Å²) in [7, 11) is 0. The van der Waals surface area contributed by atoms with E-state index in [-0.39, 0.29) is 37.2 Å². The Balaban J connectivity index is 4.30. The van der Waals surface area contributed by atoms with Gasteiger partial charge in [0.25, 0.3) is 0 Å². The number of carbonyl (C=O) groups is 3. The number of unbranched alkanes of at least 4 members (excludes halogenated alkanes) is 39. The molecule has 0 aromatic rings. The first-order valence-corrected chi connectivity index (χ1v) is 31.5. The molecular weight excluding hydrogens is 893 g/mol. The summed E-state index contributed by atoms with van der Waals surface area (Å²) in [5.41, 5.74) is 0. The SMILES string of the molecule is CCCCCCCCC=CCCCCCCCC(=O)OCC(COC(=O)CCCCCCCC=CCCCCCCCCCCCCCCC(C)O)OC(=O)CCCCCCCC=CCCCCCCCC. The fourth-order valence-corrected chi connectivity index (χ4v) is 9.32. The third-order valence-corrected chi connectivity index (χ3v) is 14.1. The van der Waals surface area contributed by atoms with Gasteiger partial charge in [-0.2, -0.15) is 0 Å². The Morgan fingerprint density at radius 3 is 0.847 bits per heavy atom. The summed E-state index contributed by atoms with van der Waals surface area (Å²) in [4.78, 5) is 38.2. The molecule has 0 aromatic heterocycles. The van der Waals surface area contributed by atoms with E-state index in [4.69, 9.17) is 14.2 Å². The third kappa shape index (κ3) is 58.5. The highest BCUT2D eigenvalue weighted by Crippen LogP contribution is 2.17. The Labute approximate surface area is 447 Å². The summed E-state index contributed by atoms with van der Waals surface area (Å²) >= 11 is 0. The van der Waals surface area contributed by atoms with Crippen molar-refractivity contribution < 1.29 is 33.7 Å². The molecule has 0 radical (unpaired) electrons. The van der Waals surface area contributed by atoms with Crippen LogP contribution < -0.4 is 0 Å². The smallest absolute Gasteiger partial charge is 0.306 e. The van der Waals surface area contributed by atoms with Crippen LogP contribution in [0.2, 0.25) is 0 Å². The number of rotatable bonds is 58. The van der Waals surface area contributed by atoms with Gasteiger partial charge in [0, 0.05) is 19.3 Å². The van der Waals surface area contributed by atoms with Crippen molar-refractivity contribution in [1.29, 1.82) is 0 Å². The summed E-state index contributed by atoms with van der Waals surface area (Å²) in [6, 6.07) is 0. The molecule has 0 spiro atoms. The van der Waals surface area contributed by atoms with Crippen molar-refractivity contribution in [2.24, 2.45) is 0 Å². The number of hydrogen-bond donors (Lipinski definition) is 1. The lowest BCUT2D eigenvalue weighted by Crippen LogP contribution is -2.30. The maximum atomic E-state index is 12.9. The number of aliphatic hydroxyl groups excluding tert-OH is 1. The molecule has 0 aromatic carbocycles. The Morgan fingerprint density at radius 2 is 0.569 bits per heavy atom. The number of ether oxygens (including phenoxy) is 3. The van der Waals surface area contributed by atoms with Crippen LogP contribution >= 0.6 is 0 Å². The maximum Gasteiger partial charge on any atom is 0.306 e. The van der Waals surface area contributed by atoms with Crippen LogP contribution in [0.4, 0.5) is 0 Å². The first-order chi connectivity index (χ1) is 35.4. The zero-order chi connectivity index (χ0) is 52.3. The number of esters is 3. The number of aliphatic hydroxyl groups is 1. The molecule has 0 saturated carbocycles. The van der Waals surface area contributed by atoms with Gasteiger partial charge < -0.3 is 19.3 Å². The van der Waals surface area contributed by atoms with Crippen LogP contribution in [0.25, 0.3) is 0 Å². The highest BCUT2D eigenvalue weighted by Gasteiger charge is 2.19. The minimum atomic E-state index is -0.788. The zero-order valence-electron chi connectivity index (χ0n) is 48.1. The fraction of sp³-hybridized carbons (Fsp3) is 0.862. The van der Waals surface area contributed by atoms with E-state index in [0.29, 0.717) is 19.3 Å². The van der Waals surface area contributed by atoms with Gasteiger partial charge in [0.1, 0.15) is 13.2 Å². The predicted molar refractivity (Wildman–Crippen MR) is 308 cm³/mol. The van der Waals surface area contributed by atoms with Crippen molar-refractivity contribution in [2.45, 2.75) is 348 Å². The first-order valence-electron chi connectivity index (χ1n) is 31.5. The monoisotopic (exact) mass is 1010 g/mol. The van der Waals surface area contributed by atoms with Gasteiger partial charge in [-0.1, -0.05) is 243 Å². The normalized spacial score (nSPS) is 12.7. The van der Waals surface area contributed by atoms with Gasteiger partial charge in [0.2, 0.25) is 0 Å². The van der Waals surface area contributed by atoms with Gasteiger partial charge in [0.15, 0.2) is 6.10 Å². The molecule has 0 aliphatic carbocycles. The molecule has 2 unspecified atom stereocenters. The van der Waals surface area contributed by atoms with Crippen LogP contribution in [0, 0.1) is 0 Å². The summed E-state index contributed by atoms with van der Waals surface area (Å²) in [5.74, 6) is -0.900. The van der Waals surface area contributed by atoms with Crippen molar-refractivity contribution in [3.63, 3.8) is 0 Å². The van der Waals surface area contributed by atoms with Crippen molar-refractivity contribution in [3.8, 4) is 0 Å².